The standard InChI is InChI=1S/C16H30N6O2/c1-4-17-15(18-8-10-22-14(23)11-19-16(22)24)21-9-7-13(12-21)20(5-2)6-3/h13H,4-12H2,1-3H3,(H,17,18)(H,19,24). The molecule has 0 aromatic rings. The number of amides is 3. The summed E-state index contributed by atoms with van der Waals surface area (Å²) >= 11 is 0. The Morgan fingerprint density at radius 2 is 2.08 bits per heavy atom. The predicted octanol–water partition coefficient (Wildman–Crippen LogP) is -0.0802. The van der Waals surface area contributed by atoms with Crippen molar-refractivity contribution in [3.8, 4) is 0 Å². The number of aliphatic imine (C=N–C) groups is 1. The van der Waals surface area contributed by atoms with Crippen molar-refractivity contribution in [3.63, 3.8) is 0 Å². The maximum atomic E-state index is 11.6. The molecule has 8 heteroatoms. The minimum Gasteiger partial charge on any atom is -0.357 e. The van der Waals surface area contributed by atoms with Crippen LogP contribution in [0.2, 0.25) is 0 Å². The van der Waals surface area contributed by atoms with Gasteiger partial charge in [-0.1, -0.05) is 13.8 Å². The van der Waals surface area contributed by atoms with Crippen LogP contribution in [0.25, 0.3) is 0 Å². The number of likely N-dealkylation sites (N-methyl/N-ethyl adjacent to an activating group) is 1. The molecule has 24 heavy (non-hydrogen) atoms. The van der Waals surface area contributed by atoms with Crippen LogP contribution in [0, 0.1) is 0 Å². The molecule has 0 aromatic carbocycles. The quantitative estimate of drug-likeness (QED) is 0.386. The zero-order valence-electron chi connectivity index (χ0n) is 15.0. The minimum absolute atomic E-state index is 0.0975. The van der Waals surface area contributed by atoms with Gasteiger partial charge < -0.3 is 15.5 Å². The van der Waals surface area contributed by atoms with Gasteiger partial charge in [0.15, 0.2) is 5.96 Å². The summed E-state index contributed by atoms with van der Waals surface area (Å²) in [5.41, 5.74) is 0. The van der Waals surface area contributed by atoms with Crippen LogP contribution in [0.5, 0.6) is 0 Å². The number of guanidine groups is 1. The van der Waals surface area contributed by atoms with E-state index in [9.17, 15) is 9.59 Å². The first-order chi connectivity index (χ1) is 11.6. The van der Waals surface area contributed by atoms with Crippen LogP contribution in [0.15, 0.2) is 4.99 Å². The Hall–Kier alpha value is -1.83. The van der Waals surface area contributed by atoms with Crippen LogP contribution in [-0.2, 0) is 4.79 Å². The molecule has 8 nitrogen and oxygen atoms in total. The Morgan fingerprint density at radius 1 is 1.33 bits per heavy atom. The second-order valence-electron chi connectivity index (χ2n) is 6.05. The fourth-order valence-corrected chi connectivity index (χ4v) is 3.34. The van der Waals surface area contributed by atoms with Gasteiger partial charge in [-0.25, -0.2) is 4.79 Å². The first-order valence-corrected chi connectivity index (χ1v) is 8.96. The molecular formula is C16H30N6O2. The number of carbonyl (C=O) groups is 2. The van der Waals surface area contributed by atoms with Gasteiger partial charge in [0.05, 0.1) is 19.6 Å². The molecule has 0 bridgehead atoms. The van der Waals surface area contributed by atoms with E-state index in [4.69, 9.17) is 0 Å². The summed E-state index contributed by atoms with van der Waals surface area (Å²) in [5, 5.41) is 5.85. The molecule has 0 radical (unpaired) electrons. The van der Waals surface area contributed by atoms with Crippen molar-refractivity contribution in [1.29, 1.82) is 0 Å². The van der Waals surface area contributed by atoms with Crippen molar-refractivity contribution in [3.05, 3.63) is 0 Å². The number of urea groups is 1. The van der Waals surface area contributed by atoms with E-state index < -0.39 is 0 Å². The molecule has 2 rings (SSSR count). The predicted molar refractivity (Wildman–Crippen MR) is 94.0 cm³/mol. The summed E-state index contributed by atoms with van der Waals surface area (Å²) in [6, 6.07) is 0.248. The molecule has 2 aliphatic rings. The SMILES string of the molecule is CCNC(=NCCN1C(=O)CNC1=O)N1CCC(N(CC)CC)C1. The van der Waals surface area contributed by atoms with Gasteiger partial charge in [-0.2, -0.15) is 0 Å². The molecule has 0 aromatic heterocycles. The van der Waals surface area contributed by atoms with Crippen molar-refractivity contribution in [2.24, 2.45) is 4.99 Å². The van der Waals surface area contributed by atoms with Crippen LogP contribution in [0.3, 0.4) is 0 Å². The average molecular weight is 338 g/mol. The fourth-order valence-electron chi connectivity index (χ4n) is 3.34. The third-order valence-electron chi connectivity index (χ3n) is 4.65. The van der Waals surface area contributed by atoms with E-state index in [0.29, 0.717) is 19.1 Å². The van der Waals surface area contributed by atoms with Crippen molar-refractivity contribution in [2.45, 2.75) is 33.2 Å². The van der Waals surface area contributed by atoms with Gasteiger partial charge in [-0.3, -0.25) is 19.6 Å². The normalized spacial score (nSPS) is 21.8. The highest BCUT2D eigenvalue weighted by molar-refractivity contribution is 6.01. The summed E-state index contributed by atoms with van der Waals surface area (Å²) in [6.45, 7) is 12.2. The lowest BCUT2D eigenvalue weighted by Gasteiger charge is -2.27. The minimum atomic E-state index is -0.317. The molecule has 1 atom stereocenters. The molecule has 0 saturated carbocycles. The summed E-state index contributed by atoms with van der Waals surface area (Å²) in [4.78, 5) is 33.7. The van der Waals surface area contributed by atoms with E-state index in [2.05, 4.69) is 39.3 Å². The smallest absolute Gasteiger partial charge is 0.324 e. The van der Waals surface area contributed by atoms with Crippen LogP contribution in [0.4, 0.5) is 4.79 Å². The zero-order chi connectivity index (χ0) is 17.5. The maximum Gasteiger partial charge on any atom is 0.324 e. The molecule has 1 unspecified atom stereocenters. The van der Waals surface area contributed by atoms with E-state index in [1.807, 2.05) is 6.92 Å². The summed E-state index contributed by atoms with van der Waals surface area (Å²) < 4.78 is 0. The van der Waals surface area contributed by atoms with Crippen molar-refractivity contribution >= 4 is 17.9 Å². The Morgan fingerprint density at radius 3 is 2.67 bits per heavy atom. The number of nitrogens with one attached hydrogen (secondary N) is 2. The molecular weight excluding hydrogens is 308 g/mol. The number of imide groups is 1. The van der Waals surface area contributed by atoms with Crippen LogP contribution >= 0.6 is 0 Å². The Labute approximate surface area is 144 Å². The highest BCUT2D eigenvalue weighted by atomic mass is 16.2. The van der Waals surface area contributed by atoms with Crippen molar-refractivity contribution in [2.75, 3.05) is 52.4 Å². The fraction of sp³-hybridized carbons (Fsp3) is 0.812. The van der Waals surface area contributed by atoms with E-state index in [-0.39, 0.29) is 18.5 Å². The highest BCUT2D eigenvalue weighted by Gasteiger charge is 2.29. The Balaban J connectivity index is 1.91. The van der Waals surface area contributed by atoms with Gasteiger partial charge in [0.2, 0.25) is 5.91 Å². The number of hydrogen-bond donors (Lipinski definition) is 2. The molecule has 136 valence electrons. The topological polar surface area (TPSA) is 80.3 Å². The second kappa shape index (κ2) is 8.86. The largest absolute Gasteiger partial charge is 0.357 e. The summed E-state index contributed by atoms with van der Waals surface area (Å²) in [6.07, 6.45) is 1.14. The third-order valence-corrected chi connectivity index (χ3v) is 4.65. The second-order valence-corrected chi connectivity index (χ2v) is 6.05. The van der Waals surface area contributed by atoms with Gasteiger partial charge in [0.25, 0.3) is 0 Å². The van der Waals surface area contributed by atoms with Gasteiger partial charge in [0, 0.05) is 25.7 Å². The summed E-state index contributed by atoms with van der Waals surface area (Å²) in [7, 11) is 0. The molecule has 2 N–H and O–H groups in total. The van der Waals surface area contributed by atoms with Crippen LogP contribution < -0.4 is 10.6 Å². The van der Waals surface area contributed by atoms with Gasteiger partial charge in [0.1, 0.15) is 0 Å². The van der Waals surface area contributed by atoms with E-state index >= 15 is 0 Å². The number of nitrogens with zero attached hydrogens (tertiary/aromatic N) is 4. The molecule has 2 saturated heterocycles. The van der Waals surface area contributed by atoms with Crippen molar-refractivity contribution < 1.29 is 9.59 Å². The third kappa shape index (κ3) is 4.37. The lowest BCUT2D eigenvalue weighted by Crippen LogP contribution is -2.43. The average Bonchev–Trinajstić information content (AvgIpc) is 3.17. The first-order valence-electron chi connectivity index (χ1n) is 8.96. The number of rotatable bonds is 7. The van der Waals surface area contributed by atoms with Crippen molar-refractivity contribution in [1.82, 2.24) is 25.3 Å². The van der Waals surface area contributed by atoms with Crippen LogP contribution in [0.1, 0.15) is 27.2 Å². The maximum absolute atomic E-state index is 11.6. The number of carbonyl (C=O) groups excluding carboxylic acids is 2. The zero-order valence-corrected chi connectivity index (χ0v) is 15.0. The molecule has 2 heterocycles. The van der Waals surface area contributed by atoms with Gasteiger partial charge in [-0.15, -0.1) is 0 Å². The van der Waals surface area contributed by atoms with E-state index in [1.165, 1.54) is 4.90 Å². The first kappa shape index (κ1) is 18.5. The number of hydrogen-bond acceptors (Lipinski definition) is 4. The van der Waals surface area contributed by atoms with Gasteiger partial charge >= 0.3 is 6.03 Å². The van der Waals surface area contributed by atoms with E-state index in [0.717, 1.165) is 45.1 Å². The lowest BCUT2D eigenvalue weighted by molar-refractivity contribution is -0.124. The number of likely N-dealkylation sites (tertiary alicyclic amines) is 1. The molecule has 2 fully saturated rings. The highest BCUT2D eigenvalue weighted by Crippen LogP contribution is 2.15. The van der Waals surface area contributed by atoms with Crippen LogP contribution in [-0.4, -0.2) is 91.0 Å². The van der Waals surface area contributed by atoms with Gasteiger partial charge in [-0.05, 0) is 26.4 Å². The van der Waals surface area contributed by atoms with E-state index in [1.54, 1.807) is 0 Å². The molecule has 2 aliphatic heterocycles. The summed E-state index contributed by atoms with van der Waals surface area (Å²) in [5.74, 6) is 0.696. The molecule has 3 amide bonds. The Kier molecular flexibility index (Phi) is 6.84. The monoisotopic (exact) mass is 338 g/mol. The lowest BCUT2D eigenvalue weighted by atomic mass is 10.2. The Bertz CT molecular complexity index is 461. The molecule has 0 spiro atoms. The molecule has 0 aliphatic carbocycles.